The lowest BCUT2D eigenvalue weighted by molar-refractivity contribution is 0.279. The number of rotatable bonds is 4. The molecule has 4 heteroatoms. The molecule has 0 radical (unpaired) electrons. The van der Waals surface area contributed by atoms with Crippen LogP contribution in [0.15, 0.2) is 36.4 Å². The molecule has 1 N–H and O–H groups in total. The van der Waals surface area contributed by atoms with Gasteiger partial charge in [-0.15, -0.1) is 0 Å². The van der Waals surface area contributed by atoms with Gasteiger partial charge in [-0.25, -0.2) is 8.78 Å². The van der Waals surface area contributed by atoms with E-state index in [0.29, 0.717) is 5.75 Å². The first-order valence-corrected chi connectivity index (χ1v) is 6.38. The van der Waals surface area contributed by atoms with E-state index in [4.69, 9.17) is 9.84 Å². The predicted molar refractivity (Wildman–Crippen MR) is 72.9 cm³/mol. The van der Waals surface area contributed by atoms with Crippen molar-refractivity contribution >= 4 is 0 Å². The van der Waals surface area contributed by atoms with Crippen molar-refractivity contribution < 1.29 is 18.6 Å². The maximum atomic E-state index is 13.8. The van der Waals surface area contributed by atoms with Crippen LogP contribution in [0.2, 0.25) is 0 Å². The highest BCUT2D eigenvalue weighted by Gasteiger charge is 2.16. The van der Waals surface area contributed by atoms with E-state index in [9.17, 15) is 8.78 Å². The van der Waals surface area contributed by atoms with Crippen LogP contribution in [0.1, 0.15) is 30.9 Å². The van der Waals surface area contributed by atoms with E-state index >= 15 is 0 Å². The maximum Gasteiger partial charge on any atom is 0.198 e. The van der Waals surface area contributed by atoms with E-state index in [1.165, 1.54) is 0 Å². The van der Waals surface area contributed by atoms with Crippen molar-refractivity contribution in [2.75, 3.05) is 0 Å². The maximum absolute atomic E-state index is 13.8. The molecule has 20 heavy (non-hydrogen) atoms. The molecule has 0 amide bonds. The number of hydrogen-bond donors (Lipinski definition) is 1. The molecule has 0 aliphatic rings. The summed E-state index contributed by atoms with van der Waals surface area (Å²) in [7, 11) is 0. The van der Waals surface area contributed by atoms with Gasteiger partial charge in [-0.1, -0.05) is 32.0 Å². The average Bonchev–Trinajstić information content (AvgIpc) is 2.42. The normalized spacial score (nSPS) is 10.9. The fourth-order valence-electron chi connectivity index (χ4n) is 1.96. The number of ether oxygens (including phenoxy) is 1. The second-order valence-electron chi connectivity index (χ2n) is 4.84. The second-order valence-corrected chi connectivity index (χ2v) is 4.84. The van der Waals surface area contributed by atoms with Crippen LogP contribution in [-0.4, -0.2) is 5.11 Å². The van der Waals surface area contributed by atoms with Crippen LogP contribution < -0.4 is 4.74 Å². The minimum Gasteiger partial charge on any atom is -0.451 e. The third-order valence-electron chi connectivity index (χ3n) is 2.99. The van der Waals surface area contributed by atoms with E-state index < -0.39 is 24.0 Å². The lowest BCUT2D eigenvalue weighted by atomic mass is 10.0. The van der Waals surface area contributed by atoms with Crippen molar-refractivity contribution in [1.29, 1.82) is 0 Å². The summed E-state index contributed by atoms with van der Waals surface area (Å²) in [6.45, 7) is 3.53. The van der Waals surface area contributed by atoms with Gasteiger partial charge in [0, 0.05) is 0 Å². The highest BCUT2D eigenvalue weighted by molar-refractivity contribution is 5.41. The van der Waals surface area contributed by atoms with Gasteiger partial charge in [0.2, 0.25) is 0 Å². The fourth-order valence-corrected chi connectivity index (χ4v) is 1.96. The van der Waals surface area contributed by atoms with Crippen LogP contribution in [0.25, 0.3) is 0 Å². The van der Waals surface area contributed by atoms with Crippen LogP contribution in [0, 0.1) is 11.6 Å². The van der Waals surface area contributed by atoms with Gasteiger partial charge < -0.3 is 9.84 Å². The Hall–Kier alpha value is -1.94. The Morgan fingerprint density at radius 1 is 1.10 bits per heavy atom. The van der Waals surface area contributed by atoms with Gasteiger partial charge >= 0.3 is 0 Å². The lowest BCUT2D eigenvalue weighted by Crippen LogP contribution is -1.99. The van der Waals surface area contributed by atoms with Crippen LogP contribution >= 0.6 is 0 Å². The summed E-state index contributed by atoms with van der Waals surface area (Å²) in [6, 6.07) is 9.27. The van der Waals surface area contributed by atoms with Gasteiger partial charge in [0.05, 0.1) is 6.61 Å². The van der Waals surface area contributed by atoms with Gasteiger partial charge in [0.1, 0.15) is 5.75 Å². The Morgan fingerprint density at radius 2 is 1.70 bits per heavy atom. The van der Waals surface area contributed by atoms with Crippen LogP contribution in [-0.2, 0) is 6.61 Å². The highest BCUT2D eigenvalue weighted by atomic mass is 19.1. The molecule has 2 nitrogen and oxygen atoms in total. The quantitative estimate of drug-likeness (QED) is 0.899. The molecule has 0 unspecified atom stereocenters. The van der Waals surface area contributed by atoms with Crippen molar-refractivity contribution in [3.63, 3.8) is 0 Å². The number of aliphatic hydroxyl groups excluding tert-OH is 1. The van der Waals surface area contributed by atoms with E-state index in [-0.39, 0.29) is 11.5 Å². The minimum absolute atomic E-state index is 0.171. The monoisotopic (exact) mass is 278 g/mol. The first kappa shape index (κ1) is 14.5. The molecule has 0 heterocycles. The van der Waals surface area contributed by atoms with E-state index in [0.717, 1.165) is 17.7 Å². The molecular formula is C16H16F2O2. The first-order valence-electron chi connectivity index (χ1n) is 6.38. The van der Waals surface area contributed by atoms with Crippen molar-refractivity contribution in [2.45, 2.75) is 26.4 Å². The second kappa shape index (κ2) is 6.01. The molecule has 2 aromatic rings. The van der Waals surface area contributed by atoms with Crippen LogP contribution in [0.3, 0.4) is 0 Å². The Bertz CT molecular complexity index is 586. The zero-order valence-electron chi connectivity index (χ0n) is 11.4. The van der Waals surface area contributed by atoms with Gasteiger partial charge in [0.25, 0.3) is 0 Å². The minimum atomic E-state index is -0.826. The highest BCUT2D eigenvalue weighted by Crippen LogP contribution is 2.33. The standard InChI is InChI=1S/C16H16F2O2/c1-10(2)12-5-3-4-6-15(12)20-16-13(17)7-11(9-19)8-14(16)18/h3-8,10,19H,9H2,1-2H3. The molecular weight excluding hydrogens is 262 g/mol. The zero-order valence-corrected chi connectivity index (χ0v) is 11.4. The molecule has 106 valence electrons. The summed E-state index contributed by atoms with van der Waals surface area (Å²) < 4.78 is 33.1. The molecule has 0 fully saturated rings. The number of para-hydroxylation sites is 1. The third kappa shape index (κ3) is 2.96. The Balaban J connectivity index is 2.40. The summed E-state index contributed by atoms with van der Waals surface area (Å²) in [5, 5.41) is 8.91. The van der Waals surface area contributed by atoms with E-state index in [1.54, 1.807) is 12.1 Å². The third-order valence-corrected chi connectivity index (χ3v) is 2.99. The van der Waals surface area contributed by atoms with Crippen LogP contribution in [0.4, 0.5) is 8.78 Å². The summed E-state index contributed by atoms with van der Waals surface area (Å²) >= 11 is 0. The van der Waals surface area contributed by atoms with Gasteiger partial charge in [-0.3, -0.25) is 0 Å². The fraction of sp³-hybridized carbons (Fsp3) is 0.250. The summed E-state index contributed by atoms with van der Waals surface area (Å²) in [5.41, 5.74) is 1.04. The molecule has 0 bridgehead atoms. The molecule has 0 saturated carbocycles. The van der Waals surface area contributed by atoms with Crippen molar-refractivity contribution in [3.8, 4) is 11.5 Å². The molecule has 2 rings (SSSR count). The van der Waals surface area contributed by atoms with Gasteiger partial charge in [-0.05, 0) is 35.2 Å². The number of halogens is 2. The van der Waals surface area contributed by atoms with E-state index in [1.807, 2.05) is 26.0 Å². The molecule has 0 aliphatic heterocycles. The molecule has 0 aliphatic carbocycles. The smallest absolute Gasteiger partial charge is 0.198 e. The Morgan fingerprint density at radius 3 is 2.25 bits per heavy atom. The molecule has 2 aromatic carbocycles. The molecule has 0 aromatic heterocycles. The number of hydrogen-bond acceptors (Lipinski definition) is 2. The van der Waals surface area contributed by atoms with E-state index in [2.05, 4.69) is 0 Å². The largest absolute Gasteiger partial charge is 0.451 e. The van der Waals surface area contributed by atoms with Crippen molar-refractivity contribution in [2.24, 2.45) is 0 Å². The van der Waals surface area contributed by atoms with Gasteiger partial charge in [0.15, 0.2) is 17.4 Å². The topological polar surface area (TPSA) is 29.5 Å². The number of aliphatic hydroxyl groups is 1. The Labute approximate surface area is 116 Å². The molecule has 0 spiro atoms. The average molecular weight is 278 g/mol. The lowest BCUT2D eigenvalue weighted by Gasteiger charge is -2.14. The van der Waals surface area contributed by atoms with Gasteiger partial charge in [-0.2, -0.15) is 0 Å². The molecule has 0 atom stereocenters. The zero-order chi connectivity index (χ0) is 14.7. The predicted octanol–water partition coefficient (Wildman–Crippen LogP) is 4.37. The Kier molecular flexibility index (Phi) is 4.35. The SMILES string of the molecule is CC(C)c1ccccc1Oc1c(F)cc(CO)cc1F. The summed E-state index contributed by atoms with van der Waals surface area (Å²) in [6.07, 6.45) is 0. The van der Waals surface area contributed by atoms with Crippen molar-refractivity contribution in [3.05, 3.63) is 59.2 Å². The summed E-state index contributed by atoms with van der Waals surface area (Å²) in [5.74, 6) is -1.50. The summed E-state index contributed by atoms with van der Waals surface area (Å²) in [4.78, 5) is 0. The number of benzene rings is 2. The van der Waals surface area contributed by atoms with Crippen LogP contribution in [0.5, 0.6) is 11.5 Å². The van der Waals surface area contributed by atoms with Crippen molar-refractivity contribution in [1.82, 2.24) is 0 Å². The molecule has 0 saturated heterocycles. The first-order chi connectivity index (χ1) is 9.52.